The first kappa shape index (κ1) is 10.7. The van der Waals surface area contributed by atoms with Gasteiger partial charge < -0.3 is 10.4 Å². The number of aliphatic hydroxyl groups is 1. The maximum absolute atomic E-state index is 10.9. The third-order valence-electron chi connectivity index (χ3n) is 2.01. The number of anilines is 1. The van der Waals surface area contributed by atoms with E-state index in [0.29, 0.717) is 12.1 Å². The van der Waals surface area contributed by atoms with Gasteiger partial charge in [-0.1, -0.05) is 6.92 Å². The number of hydrogen-bond donors (Lipinski definition) is 3. The zero-order chi connectivity index (χ0) is 10.4. The Labute approximate surface area is 82.2 Å². The Balaban J connectivity index is 2.62. The zero-order valence-corrected chi connectivity index (χ0v) is 8.16. The van der Waals surface area contributed by atoms with Gasteiger partial charge in [-0.25, -0.2) is 5.10 Å². The average molecular weight is 197 g/mol. The highest BCUT2D eigenvalue weighted by Gasteiger charge is 2.05. The molecule has 1 heterocycles. The molecule has 5 heteroatoms. The molecule has 1 aromatic rings. The Morgan fingerprint density at radius 3 is 3.07 bits per heavy atom. The lowest BCUT2D eigenvalue weighted by atomic mass is 10.1. The first-order valence-electron chi connectivity index (χ1n) is 4.68. The third-order valence-corrected chi connectivity index (χ3v) is 2.01. The van der Waals surface area contributed by atoms with Crippen molar-refractivity contribution in [3.05, 3.63) is 22.6 Å². The molecule has 0 aliphatic heterocycles. The molecule has 0 saturated carbocycles. The highest BCUT2D eigenvalue weighted by Crippen LogP contribution is 2.07. The summed E-state index contributed by atoms with van der Waals surface area (Å²) in [5, 5.41) is 17.9. The summed E-state index contributed by atoms with van der Waals surface area (Å²) in [5.41, 5.74) is 0.461. The van der Waals surface area contributed by atoms with Crippen LogP contribution in [0.4, 0.5) is 5.69 Å². The van der Waals surface area contributed by atoms with E-state index in [-0.39, 0.29) is 18.2 Å². The van der Waals surface area contributed by atoms with Crippen LogP contribution in [0, 0.1) is 0 Å². The predicted molar refractivity (Wildman–Crippen MR) is 54.3 cm³/mol. The standard InChI is InChI=1S/C9H15N3O2/c1-2-7(3-4-13)11-8-5-9(14)12-10-6-8/h5-7,13H,2-4H2,1H3,(H2,11,12,14). The van der Waals surface area contributed by atoms with Gasteiger partial charge in [0.05, 0.1) is 11.9 Å². The SMILES string of the molecule is CCC(CCO)Nc1cn[nH]c(=O)c1. The van der Waals surface area contributed by atoms with Crippen molar-refractivity contribution in [1.29, 1.82) is 0 Å². The van der Waals surface area contributed by atoms with E-state index >= 15 is 0 Å². The average Bonchev–Trinajstić information content (AvgIpc) is 2.17. The van der Waals surface area contributed by atoms with Crippen LogP contribution in [-0.2, 0) is 0 Å². The Hall–Kier alpha value is -1.36. The van der Waals surface area contributed by atoms with E-state index in [1.54, 1.807) is 6.20 Å². The Morgan fingerprint density at radius 1 is 1.71 bits per heavy atom. The maximum Gasteiger partial charge on any atom is 0.266 e. The summed E-state index contributed by atoms with van der Waals surface area (Å²) in [6.07, 6.45) is 3.12. The Morgan fingerprint density at radius 2 is 2.50 bits per heavy atom. The third kappa shape index (κ3) is 3.18. The van der Waals surface area contributed by atoms with E-state index in [1.165, 1.54) is 6.07 Å². The summed E-state index contributed by atoms with van der Waals surface area (Å²) in [7, 11) is 0. The molecule has 3 N–H and O–H groups in total. The molecule has 0 saturated heterocycles. The van der Waals surface area contributed by atoms with Crippen LogP contribution in [0.5, 0.6) is 0 Å². The number of aromatic nitrogens is 2. The van der Waals surface area contributed by atoms with Crippen molar-refractivity contribution in [2.24, 2.45) is 0 Å². The van der Waals surface area contributed by atoms with E-state index in [1.807, 2.05) is 6.92 Å². The normalized spacial score (nSPS) is 12.4. The Kier molecular flexibility index (Phi) is 4.12. The molecule has 0 bridgehead atoms. The van der Waals surface area contributed by atoms with E-state index in [2.05, 4.69) is 15.5 Å². The molecule has 0 aliphatic carbocycles. The van der Waals surface area contributed by atoms with Gasteiger partial charge in [-0.15, -0.1) is 0 Å². The maximum atomic E-state index is 10.9. The van der Waals surface area contributed by atoms with Gasteiger partial charge >= 0.3 is 0 Å². The summed E-state index contributed by atoms with van der Waals surface area (Å²) < 4.78 is 0. The molecule has 14 heavy (non-hydrogen) atoms. The summed E-state index contributed by atoms with van der Waals surface area (Å²) in [4.78, 5) is 10.9. The van der Waals surface area contributed by atoms with E-state index < -0.39 is 0 Å². The highest BCUT2D eigenvalue weighted by atomic mass is 16.3. The second-order valence-electron chi connectivity index (χ2n) is 3.10. The van der Waals surface area contributed by atoms with Gasteiger partial charge in [-0.3, -0.25) is 4.79 Å². The molecule has 0 aromatic carbocycles. The molecule has 0 radical (unpaired) electrons. The summed E-state index contributed by atoms with van der Waals surface area (Å²) in [5.74, 6) is 0. The van der Waals surface area contributed by atoms with Crippen LogP contribution in [-0.4, -0.2) is 28.0 Å². The van der Waals surface area contributed by atoms with Crippen molar-refractivity contribution in [2.75, 3.05) is 11.9 Å². The second kappa shape index (κ2) is 5.39. The smallest absolute Gasteiger partial charge is 0.266 e. The van der Waals surface area contributed by atoms with Crippen molar-refractivity contribution in [1.82, 2.24) is 10.2 Å². The highest BCUT2D eigenvalue weighted by molar-refractivity contribution is 5.39. The van der Waals surface area contributed by atoms with Crippen LogP contribution < -0.4 is 10.9 Å². The van der Waals surface area contributed by atoms with Crippen LogP contribution in [0.1, 0.15) is 19.8 Å². The van der Waals surface area contributed by atoms with Gasteiger partial charge in [0.15, 0.2) is 0 Å². The van der Waals surface area contributed by atoms with Crippen molar-refractivity contribution < 1.29 is 5.11 Å². The van der Waals surface area contributed by atoms with Gasteiger partial charge in [0.2, 0.25) is 0 Å². The number of rotatable bonds is 5. The van der Waals surface area contributed by atoms with E-state index in [0.717, 1.165) is 6.42 Å². The number of aliphatic hydroxyl groups excluding tert-OH is 1. The molecule has 1 rings (SSSR count). The second-order valence-corrected chi connectivity index (χ2v) is 3.10. The van der Waals surface area contributed by atoms with Gasteiger partial charge in [0.25, 0.3) is 5.56 Å². The van der Waals surface area contributed by atoms with Gasteiger partial charge in [-0.2, -0.15) is 5.10 Å². The van der Waals surface area contributed by atoms with Crippen LogP contribution in [0.3, 0.4) is 0 Å². The number of nitrogens with one attached hydrogen (secondary N) is 2. The lowest BCUT2D eigenvalue weighted by molar-refractivity contribution is 0.278. The largest absolute Gasteiger partial charge is 0.396 e. The van der Waals surface area contributed by atoms with Crippen molar-refractivity contribution in [3.8, 4) is 0 Å². The first-order valence-corrected chi connectivity index (χ1v) is 4.68. The van der Waals surface area contributed by atoms with Crippen molar-refractivity contribution in [3.63, 3.8) is 0 Å². The molecule has 1 aromatic heterocycles. The number of hydrogen-bond acceptors (Lipinski definition) is 4. The fraction of sp³-hybridized carbons (Fsp3) is 0.556. The van der Waals surface area contributed by atoms with Crippen LogP contribution >= 0.6 is 0 Å². The number of nitrogens with zero attached hydrogens (tertiary/aromatic N) is 1. The molecule has 78 valence electrons. The topological polar surface area (TPSA) is 78.0 Å². The van der Waals surface area contributed by atoms with Gasteiger partial charge in [-0.05, 0) is 12.8 Å². The van der Waals surface area contributed by atoms with Gasteiger partial charge in [0, 0.05) is 18.7 Å². The minimum absolute atomic E-state index is 0.141. The van der Waals surface area contributed by atoms with Gasteiger partial charge in [0.1, 0.15) is 0 Å². The molecule has 0 spiro atoms. The minimum Gasteiger partial charge on any atom is -0.396 e. The fourth-order valence-electron chi connectivity index (χ4n) is 1.23. The predicted octanol–water partition coefficient (Wildman–Crippen LogP) is 0.343. The Bertz CT molecular complexity index is 324. The number of H-pyrrole nitrogens is 1. The molecule has 0 fully saturated rings. The molecule has 5 nitrogen and oxygen atoms in total. The fourth-order valence-corrected chi connectivity index (χ4v) is 1.23. The van der Waals surface area contributed by atoms with Crippen LogP contribution in [0.25, 0.3) is 0 Å². The monoisotopic (exact) mass is 197 g/mol. The molecule has 1 atom stereocenters. The first-order chi connectivity index (χ1) is 6.76. The van der Waals surface area contributed by atoms with E-state index in [4.69, 9.17) is 5.11 Å². The quantitative estimate of drug-likeness (QED) is 0.636. The molecule has 0 amide bonds. The van der Waals surface area contributed by atoms with Crippen molar-refractivity contribution in [2.45, 2.75) is 25.8 Å². The van der Waals surface area contributed by atoms with Crippen molar-refractivity contribution >= 4 is 5.69 Å². The lowest BCUT2D eigenvalue weighted by Crippen LogP contribution is -2.21. The molecule has 0 aliphatic rings. The van der Waals surface area contributed by atoms with E-state index in [9.17, 15) is 4.79 Å². The summed E-state index contributed by atoms with van der Waals surface area (Å²) in [6, 6.07) is 1.64. The summed E-state index contributed by atoms with van der Waals surface area (Å²) >= 11 is 0. The lowest BCUT2D eigenvalue weighted by Gasteiger charge is -2.16. The molecule has 1 unspecified atom stereocenters. The molecular weight excluding hydrogens is 182 g/mol. The number of aromatic amines is 1. The van der Waals surface area contributed by atoms with Crippen LogP contribution in [0.2, 0.25) is 0 Å². The van der Waals surface area contributed by atoms with Crippen LogP contribution in [0.15, 0.2) is 17.1 Å². The molecular formula is C9H15N3O2. The minimum atomic E-state index is -0.228. The zero-order valence-electron chi connectivity index (χ0n) is 8.16. The summed E-state index contributed by atoms with van der Waals surface area (Å²) in [6.45, 7) is 2.16.